The summed E-state index contributed by atoms with van der Waals surface area (Å²) >= 11 is 0. The highest BCUT2D eigenvalue weighted by Crippen LogP contribution is 2.14. The molecule has 0 bridgehead atoms. The number of amides is 1. The molecule has 4 heteroatoms. The first-order chi connectivity index (χ1) is 8.52. The quantitative estimate of drug-likeness (QED) is 0.803. The standard InChI is InChI=1S/C14H22N2O2/c1-10(2)16-14(17)11(3)18-13-6-4-12(5-7-13)8-9-15/h4-7,10-11H,8-9,15H2,1-3H3,(H,16,17). The summed E-state index contributed by atoms with van der Waals surface area (Å²) in [6.07, 6.45) is 0.358. The van der Waals surface area contributed by atoms with Gasteiger partial charge in [0.2, 0.25) is 0 Å². The van der Waals surface area contributed by atoms with Crippen molar-refractivity contribution in [2.24, 2.45) is 5.73 Å². The summed E-state index contributed by atoms with van der Waals surface area (Å²) in [4.78, 5) is 11.7. The molecule has 18 heavy (non-hydrogen) atoms. The summed E-state index contributed by atoms with van der Waals surface area (Å²) in [5, 5.41) is 2.81. The van der Waals surface area contributed by atoms with E-state index >= 15 is 0 Å². The van der Waals surface area contributed by atoms with Crippen LogP contribution in [0.5, 0.6) is 5.75 Å². The van der Waals surface area contributed by atoms with Gasteiger partial charge >= 0.3 is 0 Å². The normalized spacial score (nSPS) is 12.3. The van der Waals surface area contributed by atoms with Crippen molar-refractivity contribution in [3.8, 4) is 5.75 Å². The molecule has 0 saturated heterocycles. The highest BCUT2D eigenvalue weighted by molar-refractivity contribution is 5.80. The van der Waals surface area contributed by atoms with Gasteiger partial charge in [-0.25, -0.2) is 0 Å². The van der Waals surface area contributed by atoms with E-state index in [9.17, 15) is 4.79 Å². The van der Waals surface area contributed by atoms with E-state index in [1.165, 1.54) is 5.56 Å². The summed E-state index contributed by atoms with van der Waals surface area (Å²) in [6.45, 7) is 6.22. The van der Waals surface area contributed by atoms with Gasteiger partial charge in [0.1, 0.15) is 5.75 Å². The van der Waals surface area contributed by atoms with Crippen LogP contribution in [0.25, 0.3) is 0 Å². The SMILES string of the molecule is CC(C)NC(=O)C(C)Oc1ccc(CCN)cc1. The van der Waals surface area contributed by atoms with E-state index < -0.39 is 6.10 Å². The molecule has 1 amide bonds. The van der Waals surface area contributed by atoms with E-state index in [-0.39, 0.29) is 11.9 Å². The third kappa shape index (κ3) is 4.75. The first kappa shape index (κ1) is 14.5. The second-order valence-corrected chi connectivity index (χ2v) is 4.61. The molecule has 100 valence electrons. The number of nitrogens with one attached hydrogen (secondary N) is 1. The van der Waals surface area contributed by atoms with Crippen LogP contribution in [0.15, 0.2) is 24.3 Å². The summed E-state index contributed by atoms with van der Waals surface area (Å²) in [6, 6.07) is 7.79. The fraction of sp³-hybridized carbons (Fsp3) is 0.500. The van der Waals surface area contributed by atoms with E-state index in [0.29, 0.717) is 12.3 Å². The Bertz CT molecular complexity index is 374. The zero-order valence-corrected chi connectivity index (χ0v) is 11.3. The summed E-state index contributed by atoms with van der Waals surface area (Å²) in [5.74, 6) is 0.596. The molecule has 0 aliphatic rings. The Balaban J connectivity index is 2.53. The Morgan fingerprint density at radius 2 is 1.89 bits per heavy atom. The molecular weight excluding hydrogens is 228 g/mol. The molecule has 1 atom stereocenters. The van der Waals surface area contributed by atoms with Crippen LogP contribution < -0.4 is 15.8 Å². The van der Waals surface area contributed by atoms with Gasteiger partial charge in [-0.2, -0.15) is 0 Å². The monoisotopic (exact) mass is 250 g/mol. The Morgan fingerprint density at radius 3 is 2.39 bits per heavy atom. The third-order valence-corrected chi connectivity index (χ3v) is 2.47. The number of nitrogens with two attached hydrogens (primary N) is 1. The van der Waals surface area contributed by atoms with E-state index in [1.54, 1.807) is 6.92 Å². The van der Waals surface area contributed by atoms with Crippen molar-refractivity contribution in [2.75, 3.05) is 6.54 Å². The Kier molecular flexibility index (Phi) is 5.65. The largest absolute Gasteiger partial charge is 0.481 e. The van der Waals surface area contributed by atoms with Crippen molar-refractivity contribution in [1.29, 1.82) is 0 Å². The number of hydrogen-bond donors (Lipinski definition) is 2. The molecule has 0 fully saturated rings. The molecule has 4 nitrogen and oxygen atoms in total. The van der Waals surface area contributed by atoms with Crippen LogP contribution in [-0.4, -0.2) is 24.6 Å². The van der Waals surface area contributed by atoms with Crippen LogP contribution in [0.4, 0.5) is 0 Å². The fourth-order valence-electron chi connectivity index (χ4n) is 1.56. The van der Waals surface area contributed by atoms with Gasteiger partial charge in [0.05, 0.1) is 0 Å². The lowest BCUT2D eigenvalue weighted by Crippen LogP contribution is -2.40. The predicted octanol–water partition coefficient (Wildman–Crippen LogP) is 1.48. The average molecular weight is 250 g/mol. The number of hydrogen-bond acceptors (Lipinski definition) is 3. The summed E-state index contributed by atoms with van der Waals surface area (Å²) in [5.41, 5.74) is 6.65. The molecule has 0 heterocycles. The molecule has 1 aromatic carbocycles. The smallest absolute Gasteiger partial charge is 0.260 e. The number of rotatable bonds is 6. The molecule has 1 unspecified atom stereocenters. The van der Waals surface area contributed by atoms with Gasteiger partial charge in [0.25, 0.3) is 5.91 Å². The van der Waals surface area contributed by atoms with E-state index in [2.05, 4.69) is 5.32 Å². The Morgan fingerprint density at radius 1 is 1.28 bits per heavy atom. The number of benzene rings is 1. The Labute approximate surface area is 109 Å². The maximum absolute atomic E-state index is 11.7. The molecule has 1 rings (SSSR count). The first-order valence-corrected chi connectivity index (χ1v) is 6.29. The van der Waals surface area contributed by atoms with Crippen molar-refractivity contribution < 1.29 is 9.53 Å². The predicted molar refractivity (Wildman–Crippen MR) is 72.6 cm³/mol. The van der Waals surface area contributed by atoms with Gasteiger partial charge in [-0.1, -0.05) is 12.1 Å². The minimum Gasteiger partial charge on any atom is -0.481 e. The van der Waals surface area contributed by atoms with Gasteiger partial charge in [0, 0.05) is 6.04 Å². The molecule has 0 aliphatic carbocycles. The molecule has 1 aromatic rings. The van der Waals surface area contributed by atoms with Crippen LogP contribution in [-0.2, 0) is 11.2 Å². The van der Waals surface area contributed by atoms with Crippen LogP contribution >= 0.6 is 0 Å². The van der Waals surface area contributed by atoms with E-state index in [0.717, 1.165) is 6.42 Å². The lowest BCUT2D eigenvalue weighted by Gasteiger charge is -2.16. The fourth-order valence-corrected chi connectivity index (χ4v) is 1.56. The van der Waals surface area contributed by atoms with Crippen molar-refractivity contribution in [3.63, 3.8) is 0 Å². The molecule has 0 aromatic heterocycles. The van der Waals surface area contributed by atoms with E-state index in [1.807, 2.05) is 38.1 Å². The Hall–Kier alpha value is -1.55. The second-order valence-electron chi connectivity index (χ2n) is 4.61. The number of ether oxygens (including phenoxy) is 1. The molecule has 0 aliphatic heterocycles. The molecule has 0 spiro atoms. The number of carbonyl (C=O) groups is 1. The second kappa shape index (κ2) is 7.01. The van der Waals surface area contributed by atoms with Gasteiger partial charge in [-0.15, -0.1) is 0 Å². The van der Waals surface area contributed by atoms with Gasteiger partial charge in [0.15, 0.2) is 6.10 Å². The maximum Gasteiger partial charge on any atom is 0.260 e. The van der Waals surface area contributed by atoms with E-state index in [4.69, 9.17) is 10.5 Å². The van der Waals surface area contributed by atoms with Gasteiger partial charge in [-0.05, 0) is 51.4 Å². The average Bonchev–Trinajstić information content (AvgIpc) is 2.31. The third-order valence-electron chi connectivity index (χ3n) is 2.47. The van der Waals surface area contributed by atoms with Crippen LogP contribution in [0.3, 0.4) is 0 Å². The summed E-state index contributed by atoms with van der Waals surface area (Å²) < 4.78 is 5.57. The highest BCUT2D eigenvalue weighted by atomic mass is 16.5. The molecule has 0 saturated carbocycles. The molecule has 0 radical (unpaired) electrons. The number of carbonyl (C=O) groups excluding carboxylic acids is 1. The minimum absolute atomic E-state index is 0.101. The first-order valence-electron chi connectivity index (χ1n) is 6.29. The topological polar surface area (TPSA) is 64.3 Å². The van der Waals surface area contributed by atoms with Crippen molar-refractivity contribution in [1.82, 2.24) is 5.32 Å². The van der Waals surface area contributed by atoms with Crippen LogP contribution in [0.2, 0.25) is 0 Å². The van der Waals surface area contributed by atoms with Crippen molar-refractivity contribution in [3.05, 3.63) is 29.8 Å². The zero-order valence-electron chi connectivity index (χ0n) is 11.3. The van der Waals surface area contributed by atoms with Gasteiger partial charge in [-0.3, -0.25) is 4.79 Å². The van der Waals surface area contributed by atoms with Gasteiger partial charge < -0.3 is 15.8 Å². The van der Waals surface area contributed by atoms with Crippen molar-refractivity contribution >= 4 is 5.91 Å². The molecular formula is C14H22N2O2. The molecule has 3 N–H and O–H groups in total. The maximum atomic E-state index is 11.7. The minimum atomic E-state index is -0.493. The van der Waals surface area contributed by atoms with Crippen LogP contribution in [0, 0.1) is 0 Å². The lowest BCUT2D eigenvalue weighted by atomic mass is 10.1. The zero-order chi connectivity index (χ0) is 13.5. The lowest BCUT2D eigenvalue weighted by molar-refractivity contribution is -0.127. The summed E-state index contributed by atoms with van der Waals surface area (Å²) in [7, 11) is 0. The van der Waals surface area contributed by atoms with Crippen molar-refractivity contribution in [2.45, 2.75) is 39.3 Å². The van der Waals surface area contributed by atoms with Crippen LogP contribution in [0.1, 0.15) is 26.3 Å². The highest BCUT2D eigenvalue weighted by Gasteiger charge is 2.14.